The number of carbonyl (C=O) groups is 1. The first-order chi connectivity index (χ1) is 12.7. The molecule has 26 heavy (non-hydrogen) atoms. The standard InChI is InChI=1S/C19H24N6O/c1-13-14-5-4-6-15(14)23-17(22-13)7-8-21-18-12-20-11-16(24-18)19(26)25-9-2-3-10-25/h11-12H,2-10H2,1H3,(H,21,24). The van der Waals surface area contributed by atoms with E-state index in [0.29, 0.717) is 18.1 Å². The van der Waals surface area contributed by atoms with Crippen molar-refractivity contribution < 1.29 is 4.79 Å². The van der Waals surface area contributed by atoms with Crippen LogP contribution in [0.4, 0.5) is 5.82 Å². The van der Waals surface area contributed by atoms with Gasteiger partial charge in [-0.15, -0.1) is 0 Å². The second-order valence-electron chi connectivity index (χ2n) is 6.97. The number of fused-ring (bicyclic) bond motifs is 1. The molecule has 7 nitrogen and oxygen atoms in total. The molecule has 1 amide bonds. The molecule has 1 N–H and O–H groups in total. The Morgan fingerprint density at radius 2 is 1.96 bits per heavy atom. The Bertz CT molecular complexity index is 816. The summed E-state index contributed by atoms with van der Waals surface area (Å²) >= 11 is 0. The van der Waals surface area contributed by atoms with E-state index in [2.05, 4.69) is 27.2 Å². The van der Waals surface area contributed by atoms with Gasteiger partial charge in [-0.2, -0.15) is 0 Å². The highest BCUT2D eigenvalue weighted by Crippen LogP contribution is 2.22. The van der Waals surface area contributed by atoms with Gasteiger partial charge >= 0.3 is 0 Å². The maximum Gasteiger partial charge on any atom is 0.274 e. The Hall–Kier alpha value is -2.57. The van der Waals surface area contributed by atoms with Gasteiger partial charge in [0.2, 0.25) is 0 Å². The van der Waals surface area contributed by atoms with Crippen LogP contribution in [-0.4, -0.2) is 50.4 Å². The smallest absolute Gasteiger partial charge is 0.274 e. The van der Waals surface area contributed by atoms with Crippen molar-refractivity contribution in [1.82, 2.24) is 24.8 Å². The summed E-state index contributed by atoms with van der Waals surface area (Å²) in [5.74, 6) is 1.46. The Balaban J connectivity index is 1.37. The molecule has 0 saturated carbocycles. The topological polar surface area (TPSA) is 83.9 Å². The van der Waals surface area contributed by atoms with Crippen LogP contribution in [0.2, 0.25) is 0 Å². The van der Waals surface area contributed by atoms with Crippen LogP contribution in [0.3, 0.4) is 0 Å². The van der Waals surface area contributed by atoms with E-state index in [-0.39, 0.29) is 5.91 Å². The van der Waals surface area contributed by atoms with Gasteiger partial charge in [0.25, 0.3) is 5.91 Å². The van der Waals surface area contributed by atoms with Crippen molar-refractivity contribution in [3.8, 4) is 0 Å². The molecule has 136 valence electrons. The summed E-state index contributed by atoms with van der Waals surface area (Å²) in [4.78, 5) is 32.2. The van der Waals surface area contributed by atoms with Gasteiger partial charge in [0.1, 0.15) is 17.3 Å². The third-order valence-corrected chi connectivity index (χ3v) is 5.09. The number of rotatable bonds is 5. The lowest BCUT2D eigenvalue weighted by Gasteiger charge is -2.14. The molecule has 1 aliphatic carbocycles. The number of anilines is 1. The largest absolute Gasteiger partial charge is 0.368 e. The lowest BCUT2D eigenvalue weighted by atomic mass is 10.2. The summed E-state index contributed by atoms with van der Waals surface area (Å²) in [5.41, 5.74) is 4.06. The number of likely N-dealkylation sites (tertiary alicyclic amines) is 1. The van der Waals surface area contributed by atoms with E-state index >= 15 is 0 Å². The van der Waals surface area contributed by atoms with E-state index < -0.39 is 0 Å². The molecule has 3 heterocycles. The third-order valence-electron chi connectivity index (χ3n) is 5.09. The zero-order valence-corrected chi connectivity index (χ0v) is 15.2. The number of nitrogens with one attached hydrogen (secondary N) is 1. The SMILES string of the molecule is Cc1nc(CCNc2cncc(C(=O)N3CCCC3)n2)nc2c1CCC2. The second-order valence-corrected chi connectivity index (χ2v) is 6.97. The van der Waals surface area contributed by atoms with Crippen molar-refractivity contribution >= 4 is 11.7 Å². The summed E-state index contributed by atoms with van der Waals surface area (Å²) in [6, 6.07) is 0. The zero-order valence-electron chi connectivity index (χ0n) is 15.2. The monoisotopic (exact) mass is 352 g/mol. The third kappa shape index (κ3) is 3.52. The number of hydrogen-bond acceptors (Lipinski definition) is 6. The van der Waals surface area contributed by atoms with Crippen LogP contribution in [0.15, 0.2) is 12.4 Å². The summed E-state index contributed by atoms with van der Waals surface area (Å²) < 4.78 is 0. The van der Waals surface area contributed by atoms with Gasteiger partial charge in [-0.1, -0.05) is 0 Å². The summed E-state index contributed by atoms with van der Waals surface area (Å²) in [6.45, 7) is 4.36. The van der Waals surface area contributed by atoms with Crippen molar-refractivity contribution in [1.29, 1.82) is 0 Å². The van der Waals surface area contributed by atoms with E-state index in [4.69, 9.17) is 4.98 Å². The van der Waals surface area contributed by atoms with Crippen molar-refractivity contribution in [3.05, 3.63) is 40.9 Å². The minimum absolute atomic E-state index is 0.0313. The highest BCUT2D eigenvalue weighted by atomic mass is 16.2. The average molecular weight is 352 g/mol. The molecule has 0 aromatic carbocycles. The van der Waals surface area contributed by atoms with Gasteiger partial charge in [0, 0.05) is 37.4 Å². The molecule has 2 aromatic heterocycles. The number of aromatic nitrogens is 4. The van der Waals surface area contributed by atoms with Crippen molar-refractivity contribution in [2.45, 2.75) is 45.4 Å². The van der Waals surface area contributed by atoms with Crippen LogP contribution in [0, 0.1) is 6.92 Å². The van der Waals surface area contributed by atoms with E-state index in [9.17, 15) is 4.79 Å². The number of nitrogens with zero attached hydrogens (tertiary/aromatic N) is 5. The fraction of sp³-hybridized carbons (Fsp3) is 0.526. The Morgan fingerprint density at radius 3 is 2.81 bits per heavy atom. The van der Waals surface area contributed by atoms with E-state index in [0.717, 1.165) is 56.7 Å². The zero-order chi connectivity index (χ0) is 17.9. The van der Waals surface area contributed by atoms with Gasteiger partial charge in [-0.25, -0.2) is 15.0 Å². The van der Waals surface area contributed by atoms with Gasteiger partial charge < -0.3 is 10.2 Å². The second kappa shape index (κ2) is 7.35. The molecule has 4 rings (SSSR count). The minimum atomic E-state index is -0.0313. The summed E-state index contributed by atoms with van der Waals surface area (Å²) in [6.07, 6.45) is 9.39. The first-order valence-corrected chi connectivity index (χ1v) is 9.41. The molecule has 1 aliphatic heterocycles. The highest BCUT2D eigenvalue weighted by Gasteiger charge is 2.21. The van der Waals surface area contributed by atoms with Crippen LogP contribution in [0.25, 0.3) is 0 Å². The number of aryl methyl sites for hydroxylation is 2. The highest BCUT2D eigenvalue weighted by molar-refractivity contribution is 5.92. The van der Waals surface area contributed by atoms with Crippen molar-refractivity contribution in [2.75, 3.05) is 25.0 Å². The molecular formula is C19H24N6O. The normalized spacial score (nSPS) is 16.0. The maximum atomic E-state index is 12.4. The van der Waals surface area contributed by atoms with Gasteiger partial charge in [0.15, 0.2) is 0 Å². The van der Waals surface area contributed by atoms with Gasteiger partial charge in [-0.3, -0.25) is 9.78 Å². The average Bonchev–Trinajstić information content (AvgIpc) is 3.33. The fourth-order valence-corrected chi connectivity index (χ4v) is 3.73. The van der Waals surface area contributed by atoms with Crippen LogP contribution in [-0.2, 0) is 19.3 Å². The van der Waals surface area contributed by atoms with E-state index in [1.165, 1.54) is 17.7 Å². The Kier molecular flexibility index (Phi) is 4.77. The molecule has 2 aromatic rings. The molecule has 0 atom stereocenters. The lowest BCUT2D eigenvalue weighted by Crippen LogP contribution is -2.28. The van der Waals surface area contributed by atoms with Gasteiger partial charge in [0.05, 0.1) is 12.4 Å². The molecular weight excluding hydrogens is 328 g/mol. The van der Waals surface area contributed by atoms with Crippen LogP contribution < -0.4 is 5.32 Å². The first-order valence-electron chi connectivity index (χ1n) is 9.41. The minimum Gasteiger partial charge on any atom is -0.368 e. The number of hydrogen-bond donors (Lipinski definition) is 1. The van der Waals surface area contributed by atoms with Crippen molar-refractivity contribution in [2.24, 2.45) is 0 Å². The summed E-state index contributed by atoms with van der Waals surface area (Å²) in [5, 5.41) is 3.24. The molecule has 0 bridgehead atoms. The first kappa shape index (κ1) is 16.9. The molecule has 2 aliphatic rings. The molecule has 7 heteroatoms. The van der Waals surface area contributed by atoms with Crippen LogP contribution in [0.5, 0.6) is 0 Å². The van der Waals surface area contributed by atoms with Crippen LogP contribution in [0.1, 0.15) is 52.5 Å². The molecule has 1 saturated heterocycles. The van der Waals surface area contributed by atoms with Crippen molar-refractivity contribution in [3.63, 3.8) is 0 Å². The van der Waals surface area contributed by atoms with E-state index in [1.807, 2.05) is 4.90 Å². The quantitative estimate of drug-likeness (QED) is 0.885. The van der Waals surface area contributed by atoms with Crippen LogP contribution >= 0.6 is 0 Å². The predicted octanol–water partition coefficient (Wildman–Crippen LogP) is 1.95. The molecule has 0 radical (unpaired) electrons. The lowest BCUT2D eigenvalue weighted by molar-refractivity contribution is 0.0786. The molecule has 0 unspecified atom stereocenters. The Morgan fingerprint density at radius 1 is 1.12 bits per heavy atom. The summed E-state index contributed by atoms with van der Waals surface area (Å²) in [7, 11) is 0. The maximum absolute atomic E-state index is 12.4. The number of carbonyl (C=O) groups excluding carboxylic acids is 1. The number of amides is 1. The molecule has 1 fully saturated rings. The van der Waals surface area contributed by atoms with Gasteiger partial charge in [-0.05, 0) is 44.6 Å². The fourth-order valence-electron chi connectivity index (χ4n) is 3.73. The predicted molar refractivity (Wildman–Crippen MR) is 98.2 cm³/mol. The van der Waals surface area contributed by atoms with E-state index in [1.54, 1.807) is 12.4 Å². The Labute approximate surface area is 153 Å². The molecule has 0 spiro atoms.